The number of carbonyl (C=O) groups is 1. The molecule has 1 N–H and O–H groups in total. The van der Waals surface area contributed by atoms with Gasteiger partial charge >= 0.3 is 0 Å². The molecule has 1 amide bonds. The molecular weight excluding hydrogens is 446 g/mol. The fraction of sp³-hybridized carbons (Fsp3) is 0.222. The number of aryl methyl sites for hydroxylation is 1. The Balaban J connectivity index is 1.56. The molecule has 1 atom stereocenters. The largest absolute Gasteiger partial charge is 0.495 e. The summed E-state index contributed by atoms with van der Waals surface area (Å²) in [5.74, 6) is 0.405. The van der Waals surface area contributed by atoms with Crippen LogP contribution >= 0.6 is 11.8 Å². The molecule has 1 aromatic heterocycles. The molecule has 0 aliphatic carbocycles. The van der Waals surface area contributed by atoms with E-state index in [1.165, 1.54) is 17.3 Å². The second-order valence-corrected chi connectivity index (χ2v) is 9.22. The number of fused-ring (bicyclic) bond motifs is 1. The van der Waals surface area contributed by atoms with Crippen molar-refractivity contribution in [3.05, 3.63) is 94.8 Å². The molecule has 0 saturated heterocycles. The predicted octanol–water partition coefficient (Wildman–Crippen LogP) is 5.16. The predicted molar refractivity (Wildman–Crippen MR) is 138 cm³/mol. The summed E-state index contributed by atoms with van der Waals surface area (Å²) < 4.78 is 7.03. The van der Waals surface area contributed by atoms with Crippen molar-refractivity contribution in [3.8, 4) is 5.75 Å². The number of rotatable bonds is 9. The van der Waals surface area contributed by atoms with Crippen LogP contribution in [-0.2, 0) is 17.8 Å². The Hall–Kier alpha value is -3.58. The molecule has 0 radical (unpaired) electrons. The summed E-state index contributed by atoms with van der Waals surface area (Å²) in [7, 11) is 1.57. The highest BCUT2D eigenvalue weighted by Crippen LogP contribution is 2.27. The van der Waals surface area contributed by atoms with Gasteiger partial charge in [-0.15, -0.1) is 0 Å². The fourth-order valence-corrected chi connectivity index (χ4v) is 4.65. The first-order chi connectivity index (χ1) is 16.6. The van der Waals surface area contributed by atoms with E-state index in [4.69, 9.17) is 9.72 Å². The summed E-state index contributed by atoms with van der Waals surface area (Å²) in [6.07, 6.45) is 1.65. The first-order valence-electron chi connectivity index (χ1n) is 11.2. The van der Waals surface area contributed by atoms with Crippen LogP contribution in [0.3, 0.4) is 0 Å². The van der Waals surface area contributed by atoms with E-state index >= 15 is 0 Å². The van der Waals surface area contributed by atoms with E-state index in [1.807, 2.05) is 55.5 Å². The summed E-state index contributed by atoms with van der Waals surface area (Å²) in [5, 5.41) is 3.57. The summed E-state index contributed by atoms with van der Waals surface area (Å²) in [4.78, 5) is 31.0. The maximum absolute atomic E-state index is 13.3. The van der Waals surface area contributed by atoms with Gasteiger partial charge in [-0.1, -0.05) is 66.4 Å². The van der Waals surface area contributed by atoms with Crippen molar-refractivity contribution in [1.29, 1.82) is 0 Å². The smallest absolute Gasteiger partial charge is 0.262 e. The van der Waals surface area contributed by atoms with Gasteiger partial charge < -0.3 is 10.1 Å². The molecule has 4 aromatic rings. The van der Waals surface area contributed by atoms with E-state index < -0.39 is 5.25 Å². The maximum atomic E-state index is 13.3. The van der Waals surface area contributed by atoms with Gasteiger partial charge in [-0.2, -0.15) is 0 Å². The maximum Gasteiger partial charge on any atom is 0.262 e. The van der Waals surface area contributed by atoms with Crippen LogP contribution in [-0.4, -0.2) is 27.8 Å². The van der Waals surface area contributed by atoms with Crippen LogP contribution in [0.25, 0.3) is 10.9 Å². The van der Waals surface area contributed by atoms with Crippen LogP contribution in [0.15, 0.2) is 88.8 Å². The van der Waals surface area contributed by atoms with E-state index in [0.29, 0.717) is 34.0 Å². The zero-order valence-electron chi connectivity index (χ0n) is 19.2. The van der Waals surface area contributed by atoms with Gasteiger partial charge in [0.05, 0.1) is 29.0 Å². The Morgan fingerprint density at radius 2 is 1.74 bits per heavy atom. The average Bonchev–Trinajstić information content (AvgIpc) is 2.86. The molecule has 3 aromatic carbocycles. The van der Waals surface area contributed by atoms with Crippen LogP contribution < -0.4 is 15.6 Å². The number of ether oxygens (including phenoxy) is 1. The third-order valence-electron chi connectivity index (χ3n) is 5.53. The van der Waals surface area contributed by atoms with E-state index in [9.17, 15) is 9.59 Å². The van der Waals surface area contributed by atoms with Gasteiger partial charge in [-0.25, -0.2) is 4.98 Å². The topological polar surface area (TPSA) is 73.2 Å². The van der Waals surface area contributed by atoms with E-state index in [0.717, 1.165) is 12.8 Å². The minimum absolute atomic E-state index is 0.0847. The zero-order valence-corrected chi connectivity index (χ0v) is 20.0. The lowest BCUT2D eigenvalue weighted by atomic mass is 10.1. The standard InChI is InChI=1S/C27H27N3O3S/c1-19(25(31)28-23-16-8-9-17-24(23)33-2)34-27-29-22-15-7-6-14-21(22)26(32)30(27)18-10-13-20-11-4-3-5-12-20/h3-9,11-12,14-17,19H,10,13,18H2,1-2H3,(H,28,31). The first-order valence-corrected chi connectivity index (χ1v) is 12.1. The molecule has 0 aliphatic rings. The number of para-hydroxylation sites is 3. The number of carbonyl (C=O) groups excluding carboxylic acids is 1. The summed E-state index contributed by atoms with van der Waals surface area (Å²) in [6, 6.07) is 24.8. The Bertz CT molecular complexity index is 1340. The highest BCUT2D eigenvalue weighted by atomic mass is 32.2. The molecule has 1 heterocycles. The van der Waals surface area contributed by atoms with Crippen LogP contribution in [0.2, 0.25) is 0 Å². The molecule has 7 heteroatoms. The van der Waals surface area contributed by atoms with Gasteiger partial charge in [0.2, 0.25) is 5.91 Å². The summed E-state index contributed by atoms with van der Waals surface area (Å²) in [5.41, 5.74) is 2.38. The Labute approximate surface area is 203 Å². The van der Waals surface area contributed by atoms with E-state index in [1.54, 1.807) is 29.9 Å². The number of hydrogen-bond acceptors (Lipinski definition) is 5. The number of methoxy groups -OCH3 is 1. The van der Waals surface area contributed by atoms with Crippen molar-refractivity contribution in [2.45, 2.75) is 36.7 Å². The molecule has 0 aliphatic heterocycles. The molecule has 0 fully saturated rings. The lowest BCUT2D eigenvalue weighted by Crippen LogP contribution is -2.27. The van der Waals surface area contributed by atoms with Crippen LogP contribution in [0, 0.1) is 0 Å². The molecule has 0 saturated carbocycles. The van der Waals surface area contributed by atoms with Gasteiger partial charge in [0.15, 0.2) is 5.16 Å². The van der Waals surface area contributed by atoms with Crippen LogP contribution in [0.4, 0.5) is 5.69 Å². The van der Waals surface area contributed by atoms with Crippen LogP contribution in [0.5, 0.6) is 5.75 Å². The van der Waals surface area contributed by atoms with Gasteiger partial charge in [0.1, 0.15) is 5.75 Å². The number of aromatic nitrogens is 2. The second-order valence-electron chi connectivity index (χ2n) is 7.91. The SMILES string of the molecule is COc1ccccc1NC(=O)C(C)Sc1nc2ccccc2c(=O)n1CCCc1ccccc1. The minimum atomic E-state index is -0.474. The number of hydrogen-bond donors (Lipinski definition) is 1. The minimum Gasteiger partial charge on any atom is -0.495 e. The van der Waals surface area contributed by atoms with Gasteiger partial charge in [0, 0.05) is 6.54 Å². The molecule has 6 nitrogen and oxygen atoms in total. The second kappa shape index (κ2) is 11.0. The molecule has 174 valence electrons. The number of benzene rings is 3. The Morgan fingerprint density at radius 1 is 1.03 bits per heavy atom. The highest BCUT2D eigenvalue weighted by molar-refractivity contribution is 8.00. The fourth-order valence-electron chi connectivity index (χ4n) is 3.71. The van der Waals surface area contributed by atoms with Gasteiger partial charge in [-0.3, -0.25) is 14.2 Å². The molecule has 0 bridgehead atoms. The van der Waals surface area contributed by atoms with Crippen molar-refractivity contribution < 1.29 is 9.53 Å². The van der Waals surface area contributed by atoms with Crippen molar-refractivity contribution >= 4 is 34.3 Å². The van der Waals surface area contributed by atoms with Crippen molar-refractivity contribution in [2.75, 3.05) is 12.4 Å². The molecule has 34 heavy (non-hydrogen) atoms. The highest BCUT2D eigenvalue weighted by Gasteiger charge is 2.20. The molecule has 4 rings (SSSR count). The Morgan fingerprint density at radius 3 is 2.53 bits per heavy atom. The Kier molecular flexibility index (Phi) is 7.65. The molecular formula is C27H27N3O3S. The van der Waals surface area contributed by atoms with Gasteiger partial charge in [0.25, 0.3) is 5.56 Å². The molecule has 0 spiro atoms. The lowest BCUT2D eigenvalue weighted by Gasteiger charge is -2.17. The monoisotopic (exact) mass is 473 g/mol. The summed E-state index contributed by atoms with van der Waals surface area (Å²) in [6.45, 7) is 2.33. The van der Waals surface area contributed by atoms with Crippen molar-refractivity contribution in [3.63, 3.8) is 0 Å². The first kappa shape index (κ1) is 23.6. The molecule has 1 unspecified atom stereocenters. The van der Waals surface area contributed by atoms with Crippen molar-refractivity contribution in [2.24, 2.45) is 0 Å². The van der Waals surface area contributed by atoms with Crippen LogP contribution in [0.1, 0.15) is 18.9 Å². The lowest BCUT2D eigenvalue weighted by molar-refractivity contribution is -0.115. The van der Waals surface area contributed by atoms with E-state index in [-0.39, 0.29) is 11.5 Å². The number of thioether (sulfide) groups is 1. The van der Waals surface area contributed by atoms with E-state index in [2.05, 4.69) is 17.4 Å². The number of nitrogens with one attached hydrogen (secondary N) is 1. The number of amides is 1. The van der Waals surface area contributed by atoms with Gasteiger partial charge in [-0.05, 0) is 49.6 Å². The zero-order chi connectivity index (χ0) is 23.9. The summed E-state index contributed by atoms with van der Waals surface area (Å²) >= 11 is 1.29. The third-order valence-corrected chi connectivity index (χ3v) is 6.62. The quantitative estimate of drug-likeness (QED) is 0.269. The average molecular weight is 474 g/mol. The van der Waals surface area contributed by atoms with Crippen molar-refractivity contribution in [1.82, 2.24) is 9.55 Å². The third kappa shape index (κ3) is 5.48. The normalized spacial score (nSPS) is 11.8. The number of nitrogens with zero attached hydrogens (tertiary/aromatic N) is 2. The number of anilines is 1.